The second-order valence-electron chi connectivity index (χ2n) is 5.26. The number of nitrogens with zero attached hydrogens (tertiary/aromatic N) is 2. The summed E-state index contributed by atoms with van der Waals surface area (Å²) in [6.45, 7) is 0. The Kier molecular flexibility index (Phi) is 4.80. The van der Waals surface area contributed by atoms with E-state index in [4.69, 9.17) is 12.2 Å². The zero-order valence-corrected chi connectivity index (χ0v) is 16.2. The van der Waals surface area contributed by atoms with Crippen LogP contribution in [0, 0.1) is 0 Å². The van der Waals surface area contributed by atoms with Gasteiger partial charge >= 0.3 is 0 Å². The molecule has 1 aromatic heterocycles. The molecule has 0 saturated carbocycles. The van der Waals surface area contributed by atoms with Gasteiger partial charge in [-0.25, -0.2) is 0 Å². The van der Waals surface area contributed by atoms with E-state index < -0.39 is 0 Å². The molecule has 1 amide bonds. The van der Waals surface area contributed by atoms with Crippen LogP contribution in [0.2, 0.25) is 0 Å². The smallest absolute Gasteiger partial charge is 0.266 e. The lowest BCUT2D eigenvalue weighted by Gasteiger charge is -2.04. The van der Waals surface area contributed by atoms with Gasteiger partial charge in [0.2, 0.25) is 0 Å². The molecular formula is C18H12N2OS4. The summed E-state index contributed by atoms with van der Waals surface area (Å²) in [5.41, 5.74) is 1.16. The van der Waals surface area contributed by atoms with Gasteiger partial charge in [0.05, 0.1) is 4.91 Å². The Balaban J connectivity index is 1.60. The molecule has 0 bridgehead atoms. The number of hydrogen-bond donors (Lipinski definition) is 0. The maximum Gasteiger partial charge on any atom is 0.286 e. The lowest BCUT2D eigenvalue weighted by Crippen LogP contribution is -2.24. The van der Waals surface area contributed by atoms with Crippen molar-refractivity contribution in [2.24, 2.45) is 5.10 Å². The summed E-state index contributed by atoms with van der Waals surface area (Å²) in [5, 5.41) is 5.83. The average molecular weight is 401 g/mol. The van der Waals surface area contributed by atoms with Gasteiger partial charge in [0.1, 0.15) is 0 Å². The molecule has 0 spiro atoms. The average Bonchev–Trinajstić information content (AvgIpc) is 3.16. The van der Waals surface area contributed by atoms with E-state index in [9.17, 15) is 4.79 Å². The van der Waals surface area contributed by atoms with Crippen LogP contribution >= 0.6 is 46.7 Å². The standard InChI is InChI=1S/C18H12N2OS4/c21-16-15(11-10-12-6-2-1-3-7-12)25-18(22)20(16)19-17-23-13-8-4-5-9-14(13)24-17/h1-9,11H,10H2. The van der Waals surface area contributed by atoms with E-state index in [1.165, 1.54) is 16.8 Å². The largest absolute Gasteiger partial charge is 0.286 e. The summed E-state index contributed by atoms with van der Waals surface area (Å²) in [6.07, 6.45) is 2.63. The van der Waals surface area contributed by atoms with E-state index in [-0.39, 0.29) is 5.91 Å². The van der Waals surface area contributed by atoms with Crippen LogP contribution in [0.4, 0.5) is 0 Å². The first-order chi connectivity index (χ1) is 12.2. The normalized spacial score (nSPS) is 16.2. The number of carbonyl (C=O) groups is 1. The van der Waals surface area contributed by atoms with Gasteiger partial charge in [-0.2, -0.15) is 5.01 Å². The molecule has 1 saturated heterocycles. The van der Waals surface area contributed by atoms with Gasteiger partial charge in [0.15, 0.2) is 8.31 Å². The van der Waals surface area contributed by atoms with Crippen molar-refractivity contribution >= 4 is 66.3 Å². The summed E-state index contributed by atoms with van der Waals surface area (Å²) in [6, 6.07) is 18.2. The monoisotopic (exact) mass is 400 g/mol. The molecule has 25 heavy (non-hydrogen) atoms. The number of thiocarbonyl (C=S) groups is 1. The van der Waals surface area contributed by atoms with Crippen molar-refractivity contribution in [1.82, 2.24) is 5.01 Å². The molecule has 4 rings (SSSR count). The van der Waals surface area contributed by atoms with Crippen molar-refractivity contribution in [3.05, 3.63) is 75.1 Å². The molecular weight excluding hydrogens is 388 g/mol. The van der Waals surface area contributed by atoms with Crippen molar-refractivity contribution < 1.29 is 4.79 Å². The summed E-state index contributed by atoms with van der Waals surface area (Å²) in [4.78, 5) is 13.3. The Hall–Kier alpha value is -1.80. The van der Waals surface area contributed by atoms with E-state index >= 15 is 0 Å². The first kappa shape index (κ1) is 16.7. The van der Waals surface area contributed by atoms with Crippen LogP contribution in [-0.4, -0.2) is 15.2 Å². The van der Waals surface area contributed by atoms with Gasteiger partial charge in [-0.3, -0.25) is 4.79 Å². The lowest BCUT2D eigenvalue weighted by atomic mass is 10.1. The molecule has 3 nitrogen and oxygen atoms in total. The van der Waals surface area contributed by atoms with E-state index in [0.717, 1.165) is 18.9 Å². The zero-order chi connectivity index (χ0) is 17.2. The highest BCUT2D eigenvalue weighted by atomic mass is 32.2. The Morgan fingerprint density at radius 3 is 2.32 bits per heavy atom. The Bertz CT molecular complexity index is 1010. The van der Waals surface area contributed by atoms with Crippen molar-refractivity contribution in [1.29, 1.82) is 0 Å². The Labute approximate surface area is 162 Å². The highest BCUT2D eigenvalue weighted by Gasteiger charge is 2.32. The maximum atomic E-state index is 12.6. The number of fused-ring (bicyclic) bond motifs is 1. The van der Waals surface area contributed by atoms with Gasteiger partial charge in [-0.05, 0) is 36.3 Å². The molecule has 2 aromatic carbocycles. The van der Waals surface area contributed by atoms with Gasteiger partial charge in [-0.15, -0.1) is 27.8 Å². The fourth-order valence-electron chi connectivity index (χ4n) is 2.36. The highest BCUT2D eigenvalue weighted by molar-refractivity contribution is 8.26. The summed E-state index contributed by atoms with van der Waals surface area (Å²) >= 11 is 9.80. The summed E-state index contributed by atoms with van der Waals surface area (Å²) in [5.74, 6) is -0.143. The number of allylic oxidation sites excluding steroid dienone is 1. The SMILES string of the molecule is O=C1C(=CCc2ccccc2)SC(=S)N1N=c1sc2ccccc2s1. The second-order valence-corrected chi connectivity index (χ2v) is 9.26. The molecule has 0 unspecified atom stereocenters. The Morgan fingerprint density at radius 1 is 1.00 bits per heavy atom. The highest BCUT2D eigenvalue weighted by Crippen LogP contribution is 2.31. The van der Waals surface area contributed by atoms with Crippen LogP contribution < -0.4 is 3.98 Å². The van der Waals surface area contributed by atoms with Crippen molar-refractivity contribution in [2.75, 3.05) is 0 Å². The quantitative estimate of drug-likeness (QED) is 0.469. The molecule has 1 aliphatic rings. The van der Waals surface area contributed by atoms with Crippen LogP contribution in [0.5, 0.6) is 0 Å². The Morgan fingerprint density at radius 2 is 1.64 bits per heavy atom. The van der Waals surface area contributed by atoms with E-state index in [1.54, 1.807) is 22.7 Å². The number of thioether (sulfide) groups is 1. The topological polar surface area (TPSA) is 32.7 Å². The van der Waals surface area contributed by atoms with E-state index in [1.807, 2.05) is 48.5 Å². The minimum Gasteiger partial charge on any atom is -0.266 e. The van der Waals surface area contributed by atoms with Crippen LogP contribution in [0.1, 0.15) is 5.56 Å². The first-order valence-corrected chi connectivity index (χ1v) is 10.4. The third-order valence-corrected chi connectivity index (χ3v) is 7.19. The van der Waals surface area contributed by atoms with Crippen molar-refractivity contribution in [3.8, 4) is 0 Å². The predicted molar refractivity (Wildman–Crippen MR) is 111 cm³/mol. The van der Waals surface area contributed by atoms with Gasteiger partial charge in [0.25, 0.3) is 5.91 Å². The zero-order valence-electron chi connectivity index (χ0n) is 12.9. The van der Waals surface area contributed by atoms with Gasteiger partial charge in [0, 0.05) is 9.40 Å². The fourth-order valence-corrected chi connectivity index (χ4v) is 5.70. The minimum atomic E-state index is -0.143. The van der Waals surface area contributed by atoms with Crippen LogP contribution in [-0.2, 0) is 11.2 Å². The molecule has 7 heteroatoms. The van der Waals surface area contributed by atoms with Crippen LogP contribution in [0.3, 0.4) is 0 Å². The second kappa shape index (κ2) is 7.21. The summed E-state index contributed by atoms with van der Waals surface area (Å²) in [7, 11) is 0. The molecule has 3 aromatic rings. The summed E-state index contributed by atoms with van der Waals surface area (Å²) < 4.78 is 3.63. The van der Waals surface area contributed by atoms with E-state index in [2.05, 4.69) is 17.2 Å². The van der Waals surface area contributed by atoms with E-state index in [0.29, 0.717) is 15.6 Å². The molecule has 0 radical (unpaired) electrons. The molecule has 0 N–H and O–H groups in total. The molecule has 124 valence electrons. The van der Waals surface area contributed by atoms with Crippen molar-refractivity contribution in [2.45, 2.75) is 6.42 Å². The molecule has 1 aliphatic heterocycles. The third kappa shape index (κ3) is 3.59. The van der Waals surface area contributed by atoms with Crippen molar-refractivity contribution in [3.63, 3.8) is 0 Å². The lowest BCUT2D eigenvalue weighted by molar-refractivity contribution is -0.122. The number of hydrogen-bond acceptors (Lipinski definition) is 6. The van der Waals surface area contributed by atoms with Gasteiger partial charge < -0.3 is 0 Å². The maximum absolute atomic E-state index is 12.6. The molecule has 2 heterocycles. The van der Waals surface area contributed by atoms with Crippen LogP contribution in [0.15, 0.2) is 70.7 Å². The predicted octanol–water partition coefficient (Wildman–Crippen LogP) is 4.77. The molecule has 0 aliphatic carbocycles. The number of benzene rings is 2. The third-order valence-electron chi connectivity index (χ3n) is 3.56. The first-order valence-electron chi connectivity index (χ1n) is 7.54. The number of rotatable bonds is 3. The number of amides is 1. The van der Waals surface area contributed by atoms with Crippen LogP contribution in [0.25, 0.3) is 9.40 Å². The minimum absolute atomic E-state index is 0.143. The molecule has 1 fully saturated rings. The number of carbonyl (C=O) groups excluding carboxylic acids is 1. The molecule has 0 atom stereocenters. The van der Waals surface area contributed by atoms with Gasteiger partial charge in [-0.1, -0.05) is 60.3 Å². The fraction of sp³-hybridized carbons (Fsp3) is 0.0556.